The number of nitrogens with zero attached hydrogens (tertiary/aromatic N) is 2. The van der Waals surface area contributed by atoms with Crippen LogP contribution in [-0.4, -0.2) is 31.6 Å². The lowest BCUT2D eigenvalue weighted by Gasteiger charge is -2.24. The lowest BCUT2D eigenvalue weighted by Crippen LogP contribution is -2.33. The SMILES string of the molecule is CC(C)C(=O)CN1CCN=Cc2ccccc21. The van der Waals surface area contributed by atoms with Crippen molar-refractivity contribution in [1.29, 1.82) is 0 Å². The van der Waals surface area contributed by atoms with Gasteiger partial charge in [0.1, 0.15) is 0 Å². The molecule has 0 aromatic heterocycles. The van der Waals surface area contributed by atoms with Crippen LogP contribution in [0.3, 0.4) is 0 Å². The molecular weight excluding hydrogens is 212 g/mol. The molecule has 0 N–H and O–H groups in total. The molecule has 0 fully saturated rings. The van der Waals surface area contributed by atoms with Gasteiger partial charge in [-0.05, 0) is 6.07 Å². The van der Waals surface area contributed by atoms with Gasteiger partial charge >= 0.3 is 0 Å². The third kappa shape index (κ3) is 2.73. The maximum atomic E-state index is 11.9. The Kier molecular flexibility index (Phi) is 3.57. The Balaban J connectivity index is 2.23. The number of fused-ring (bicyclic) bond motifs is 1. The van der Waals surface area contributed by atoms with Crippen molar-refractivity contribution in [3.8, 4) is 0 Å². The van der Waals surface area contributed by atoms with Crippen LogP contribution in [0.25, 0.3) is 0 Å². The minimum atomic E-state index is 0.0892. The first-order chi connectivity index (χ1) is 8.18. The first-order valence-electron chi connectivity index (χ1n) is 6.05. The van der Waals surface area contributed by atoms with Crippen molar-refractivity contribution in [2.24, 2.45) is 10.9 Å². The Morgan fingerprint density at radius 3 is 2.94 bits per heavy atom. The fourth-order valence-corrected chi connectivity index (χ4v) is 1.88. The summed E-state index contributed by atoms with van der Waals surface area (Å²) in [6, 6.07) is 8.10. The van der Waals surface area contributed by atoms with Gasteiger partial charge in [-0.25, -0.2) is 0 Å². The standard InChI is InChI=1S/C14H18N2O/c1-11(2)14(17)10-16-8-7-15-9-12-5-3-4-6-13(12)16/h3-6,9,11H,7-8,10H2,1-2H3. The Morgan fingerprint density at radius 2 is 2.18 bits per heavy atom. The highest BCUT2D eigenvalue weighted by Gasteiger charge is 2.17. The van der Waals surface area contributed by atoms with Crippen molar-refractivity contribution in [3.05, 3.63) is 29.8 Å². The summed E-state index contributed by atoms with van der Waals surface area (Å²) in [6.07, 6.45) is 1.90. The minimum absolute atomic E-state index is 0.0892. The number of ketones is 1. The monoisotopic (exact) mass is 230 g/mol. The van der Waals surface area contributed by atoms with E-state index in [1.807, 2.05) is 38.3 Å². The highest BCUT2D eigenvalue weighted by Crippen LogP contribution is 2.20. The second-order valence-corrected chi connectivity index (χ2v) is 4.64. The van der Waals surface area contributed by atoms with Gasteiger partial charge in [0.2, 0.25) is 0 Å². The Labute approximate surface area is 102 Å². The van der Waals surface area contributed by atoms with E-state index in [-0.39, 0.29) is 11.7 Å². The molecule has 0 spiro atoms. The van der Waals surface area contributed by atoms with Gasteiger partial charge in [0.15, 0.2) is 5.78 Å². The minimum Gasteiger partial charge on any atom is -0.362 e. The van der Waals surface area contributed by atoms with Crippen LogP contribution < -0.4 is 4.90 Å². The van der Waals surface area contributed by atoms with Crippen molar-refractivity contribution in [2.45, 2.75) is 13.8 Å². The quantitative estimate of drug-likeness (QED) is 0.797. The first-order valence-corrected chi connectivity index (χ1v) is 6.05. The van der Waals surface area contributed by atoms with Gasteiger partial charge < -0.3 is 4.90 Å². The number of benzene rings is 1. The molecule has 0 saturated heterocycles. The number of aliphatic imine (C=N–C) groups is 1. The maximum Gasteiger partial charge on any atom is 0.154 e. The normalized spacial score (nSPS) is 14.6. The zero-order valence-electron chi connectivity index (χ0n) is 10.4. The van der Waals surface area contributed by atoms with E-state index in [2.05, 4.69) is 16.0 Å². The summed E-state index contributed by atoms with van der Waals surface area (Å²) < 4.78 is 0. The molecule has 90 valence electrons. The molecule has 0 atom stereocenters. The van der Waals surface area contributed by atoms with Crippen LogP contribution in [0.2, 0.25) is 0 Å². The first kappa shape index (κ1) is 11.8. The highest BCUT2D eigenvalue weighted by atomic mass is 16.1. The number of carbonyl (C=O) groups excluding carboxylic acids is 1. The van der Waals surface area contributed by atoms with Crippen molar-refractivity contribution >= 4 is 17.7 Å². The van der Waals surface area contributed by atoms with Gasteiger partial charge in [-0.2, -0.15) is 0 Å². The topological polar surface area (TPSA) is 32.7 Å². The highest BCUT2D eigenvalue weighted by molar-refractivity contribution is 5.91. The third-order valence-corrected chi connectivity index (χ3v) is 3.00. The van der Waals surface area contributed by atoms with Gasteiger partial charge in [0.25, 0.3) is 0 Å². The van der Waals surface area contributed by atoms with Crippen LogP contribution in [-0.2, 0) is 4.79 Å². The van der Waals surface area contributed by atoms with Gasteiger partial charge in [-0.1, -0.05) is 32.0 Å². The molecule has 1 aromatic carbocycles. The Bertz CT molecular complexity index is 438. The van der Waals surface area contributed by atoms with Crippen LogP contribution in [0.15, 0.2) is 29.3 Å². The number of carbonyl (C=O) groups is 1. The summed E-state index contributed by atoms with van der Waals surface area (Å²) in [6.45, 7) is 5.94. The van der Waals surface area contributed by atoms with E-state index in [9.17, 15) is 4.79 Å². The molecule has 3 heteroatoms. The third-order valence-electron chi connectivity index (χ3n) is 3.00. The van der Waals surface area contributed by atoms with E-state index in [1.165, 1.54) is 0 Å². The average molecular weight is 230 g/mol. The van der Waals surface area contributed by atoms with Crippen LogP contribution in [0.5, 0.6) is 0 Å². The van der Waals surface area contributed by atoms with E-state index < -0.39 is 0 Å². The average Bonchev–Trinajstić information content (AvgIpc) is 2.52. The van der Waals surface area contributed by atoms with E-state index in [1.54, 1.807) is 0 Å². The van der Waals surface area contributed by atoms with E-state index in [4.69, 9.17) is 0 Å². The maximum absolute atomic E-state index is 11.9. The lowest BCUT2D eigenvalue weighted by atomic mass is 10.1. The van der Waals surface area contributed by atoms with Gasteiger partial charge in [-0.3, -0.25) is 9.79 Å². The molecule has 0 unspecified atom stereocenters. The number of anilines is 1. The van der Waals surface area contributed by atoms with Crippen molar-refractivity contribution in [2.75, 3.05) is 24.5 Å². The molecular formula is C14H18N2O. The van der Waals surface area contributed by atoms with Crippen molar-refractivity contribution < 1.29 is 4.79 Å². The molecule has 1 aliphatic rings. The molecule has 1 aromatic rings. The molecule has 3 nitrogen and oxygen atoms in total. The van der Waals surface area contributed by atoms with Crippen LogP contribution >= 0.6 is 0 Å². The Morgan fingerprint density at radius 1 is 1.41 bits per heavy atom. The van der Waals surface area contributed by atoms with Gasteiger partial charge in [0, 0.05) is 29.9 Å². The van der Waals surface area contributed by atoms with E-state index in [0.29, 0.717) is 6.54 Å². The zero-order valence-corrected chi connectivity index (χ0v) is 10.4. The fraction of sp³-hybridized carbons (Fsp3) is 0.429. The summed E-state index contributed by atoms with van der Waals surface area (Å²) in [4.78, 5) is 18.3. The van der Waals surface area contributed by atoms with Crippen LogP contribution in [0.1, 0.15) is 19.4 Å². The number of hydrogen-bond donors (Lipinski definition) is 0. The molecule has 0 aliphatic carbocycles. The van der Waals surface area contributed by atoms with Crippen molar-refractivity contribution in [1.82, 2.24) is 0 Å². The zero-order chi connectivity index (χ0) is 12.3. The molecule has 0 bridgehead atoms. The largest absolute Gasteiger partial charge is 0.362 e. The van der Waals surface area contributed by atoms with Crippen molar-refractivity contribution in [3.63, 3.8) is 0 Å². The molecule has 1 heterocycles. The van der Waals surface area contributed by atoms with Crippen LogP contribution in [0.4, 0.5) is 5.69 Å². The molecule has 1 aliphatic heterocycles. The summed E-state index contributed by atoms with van der Waals surface area (Å²) in [5, 5.41) is 0. The van der Waals surface area contributed by atoms with Crippen LogP contribution in [0, 0.1) is 5.92 Å². The summed E-state index contributed by atoms with van der Waals surface area (Å²) in [7, 11) is 0. The lowest BCUT2D eigenvalue weighted by molar-refractivity contribution is -0.120. The molecule has 0 radical (unpaired) electrons. The molecule has 17 heavy (non-hydrogen) atoms. The Hall–Kier alpha value is -1.64. The summed E-state index contributed by atoms with van der Waals surface area (Å²) >= 11 is 0. The predicted octanol–water partition coefficient (Wildman–Crippen LogP) is 2.15. The smallest absolute Gasteiger partial charge is 0.154 e. The number of hydrogen-bond acceptors (Lipinski definition) is 3. The molecule has 2 rings (SSSR count). The van der Waals surface area contributed by atoms with E-state index in [0.717, 1.165) is 24.3 Å². The predicted molar refractivity (Wildman–Crippen MR) is 71.0 cm³/mol. The van der Waals surface area contributed by atoms with Gasteiger partial charge in [-0.15, -0.1) is 0 Å². The van der Waals surface area contributed by atoms with Gasteiger partial charge in [0.05, 0.1) is 13.1 Å². The van der Waals surface area contributed by atoms with E-state index >= 15 is 0 Å². The molecule has 0 saturated carbocycles. The number of rotatable bonds is 3. The summed E-state index contributed by atoms with van der Waals surface area (Å²) in [5.41, 5.74) is 2.21. The second kappa shape index (κ2) is 5.13. The number of benzodiazepines with no additional fused rings is 1. The molecule has 0 amide bonds. The number of Topliss-reactive ketones (excluding diaryl/α,β-unsaturated/α-hetero) is 1. The summed E-state index contributed by atoms with van der Waals surface area (Å²) in [5.74, 6) is 0.369. The fourth-order valence-electron chi connectivity index (χ4n) is 1.88. The second-order valence-electron chi connectivity index (χ2n) is 4.64. The number of para-hydroxylation sites is 1.